The predicted octanol–water partition coefficient (Wildman–Crippen LogP) is 4.20. The third-order valence-corrected chi connectivity index (χ3v) is 5.18. The number of halogens is 2. The molecule has 0 spiro atoms. The summed E-state index contributed by atoms with van der Waals surface area (Å²) in [7, 11) is 0. The molecule has 2 nitrogen and oxygen atoms in total. The Morgan fingerprint density at radius 1 is 1.42 bits per heavy atom. The van der Waals surface area contributed by atoms with Gasteiger partial charge in [-0.05, 0) is 47.0 Å². The Balaban J connectivity index is 1.77. The number of rotatable bonds is 2. The van der Waals surface area contributed by atoms with Crippen LogP contribution in [0.4, 0.5) is 10.1 Å². The van der Waals surface area contributed by atoms with E-state index in [2.05, 4.69) is 35.1 Å². The minimum Gasteiger partial charge on any atom is -0.381 e. The minimum absolute atomic E-state index is 0.131. The maximum atomic E-state index is 13.3. The summed E-state index contributed by atoms with van der Waals surface area (Å²) < 4.78 is 19.7. The van der Waals surface area contributed by atoms with Crippen LogP contribution in [-0.4, -0.2) is 18.8 Å². The van der Waals surface area contributed by atoms with Gasteiger partial charge in [0.2, 0.25) is 0 Å². The molecule has 2 fully saturated rings. The number of benzene rings is 1. The smallest absolute Gasteiger partial charge is 0.137 e. The standard InChI is InChI=1S/C15H19BrFNO/c1-15(2)13(10-4-3-7-19-14(10)15)18-9-5-6-12(17)11(16)8-9/h5-6,8,10,13-14,18H,3-4,7H2,1-2H3. The molecule has 0 aromatic heterocycles. The first-order valence-electron chi connectivity index (χ1n) is 6.83. The number of nitrogens with one attached hydrogen (secondary N) is 1. The highest BCUT2D eigenvalue weighted by Gasteiger charge is 2.57. The van der Waals surface area contributed by atoms with Crippen LogP contribution in [0.1, 0.15) is 26.7 Å². The molecule has 2 aliphatic rings. The van der Waals surface area contributed by atoms with Crippen LogP contribution in [0.5, 0.6) is 0 Å². The molecule has 4 heteroatoms. The van der Waals surface area contributed by atoms with Gasteiger partial charge in [-0.2, -0.15) is 0 Å². The van der Waals surface area contributed by atoms with Gasteiger partial charge in [-0.1, -0.05) is 13.8 Å². The first-order valence-corrected chi connectivity index (χ1v) is 7.62. The lowest BCUT2D eigenvalue weighted by molar-refractivity contribution is -0.177. The Kier molecular flexibility index (Phi) is 3.34. The van der Waals surface area contributed by atoms with Crippen LogP contribution < -0.4 is 5.32 Å². The first-order chi connectivity index (χ1) is 9.00. The fourth-order valence-electron chi connectivity index (χ4n) is 3.58. The van der Waals surface area contributed by atoms with Crippen LogP contribution in [0.2, 0.25) is 0 Å². The summed E-state index contributed by atoms with van der Waals surface area (Å²) in [4.78, 5) is 0. The summed E-state index contributed by atoms with van der Waals surface area (Å²) >= 11 is 3.23. The number of fused-ring (bicyclic) bond motifs is 1. The van der Waals surface area contributed by atoms with Crippen molar-refractivity contribution in [3.05, 3.63) is 28.5 Å². The Morgan fingerprint density at radius 2 is 2.21 bits per heavy atom. The van der Waals surface area contributed by atoms with Crippen molar-refractivity contribution in [2.75, 3.05) is 11.9 Å². The van der Waals surface area contributed by atoms with Gasteiger partial charge < -0.3 is 10.1 Å². The topological polar surface area (TPSA) is 21.3 Å². The van der Waals surface area contributed by atoms with Gasteiger partial charge in [0.25, 0.3) is 0 Å². The van der Waals surface area contributed by atoms with Crippen molar-refractivity contribution in [2.45, 2.75) is 38.8 Å². The van der Waals surface area contributed by atoms with Crippen molar-refractivity contribution in [3.63, 3.8) is 0 Å². The minimum atomic E-state index is -0.225. The highest BCUT2D eigenvalue weighted by Crippen LogP contribution is 2.52. The second kappa shape index (κ2) is 4.74. The zero-order valence-electron chi connectivity index (χ0n) is 11.2. The number of ether oxygens (including phenoxy) is 1. The third kappa shape index (κ3) is 2.19. The van der Waals surface area contributed by atoms with E-state index in [9.17, 15) is 4.39 Å². The lowest BCUT2D eigenvalue weighted by Crippen LogP contribution is -2.67. The third-order valence-electron chi connectivity index (χ3n) is 4.57. The highest BCUT2D eigenvalue weighted by molar-refractivity contribution is 9.10. The van der Waals surface area contributed by atoms with Gasteiger partial charge in [0, 0.05) is 29.7 Å². The molecule has 0 bridgehead atoms. The molecule has 3 rings (SSSR count). The number of hydrogen-bond acceptors (Lipinski definition) is 2. The van der Waals surface area contributed by atoms with Gasteiger partial charge in [-0.15, -0.1) is 0 Å². The van der Waals surface area contributed by atoms with E-state index in [1.807, 2.05) is 6.07 Å². The van der Waals surface area contributed by atoms with Crippen LogP contribution >= 0.6 is 15.9 Å². The molecule has 19 heavy (non-hydrogen) atoms. The summed E-state index contributed by atoms with van der Waals surface area (Å²) in [5.41, 5.74) is 1.10. The van der Waals surface area contributed by atoms with Crippen molar-refractivity contribution in [2.24, 2.45) is 11.3 Å². The average molecular weight is 328 g/mol. The zero-order chi connectivity index (χ0) is 13.6. The average Bonchev–Trinajstić information content (AvgIpc) is 2.40. The van der Waals surface area contributed by atoms with Gasteiger partial charge in [-0.3, -0.25) is 0 Å². The fraction of sp³-hybridized carbons (Fsp3) is 0.600. The molecule has 1 aliphatic heterocycles. The van der Waals surface area contributed by atoms with Crippen molar-refractivity contribution in [1.82, 2.24) is 0 Å². The first kappa shape index (κ1) is 13.4. The summed E-state index contributed by atoms with van der Waals surface area (Å²) in [6.45, 7) is 5.38. The monoisotopic (exact) mass is 327 g/mol. The van der Waals surface area contributed by atoms with E-state index in [0.717, 1.165) is 18.7 Å². The van der Waals surface area contributed by atoms with Crippen molar-refractivity contribution in [3.8, 4) is 0 Å². The van der Waals surface area contributed by atoms with E-state index in [4.69, 9.17) is 4.74 Å². The van der Waals surface area contributed by atoms with Gasteiger partial charge in [0.1, 0.15) is 5.82 Å². The molecule has 104 valence electrons. The highest BCUT2D eigenvalue weighted by atomic mass is 79.9. The van der Waals surface area contributed by atoms with Gasteiger partial charge >= 0.3 is 0 Å². The molecular formula is C15H19BrFNO. The van der Waals surface area contributed by atoms with E-state index < -0.39 is 0 Å². The van der Waals surface area contributed by atoms with E-state index in [0.29, 0.717) is 22.5 Å². The van der Waals surface area contributed by atoms with Crippen molar-refractivity contribution >= 4 is 21.6 Å². The summed E-state index contributed by atoms with van der Waals surface area (Å²) in [5.74, 6) is 0.352. The second-order valence-corrected chi connectivity index (χ2v) is 7.02. The van der Waals surface area contributed by atoms with E-state index in [1.165, 1.54) is 12.5 Å². The second-order valence-electron chi connectivity index (χ2n) is 6.17. The van der Waals surface area contributed by atoms with Crippen LogP contribution in [-0.2, 0) is 4.74 Å². The zero-order valence-corrected chi connectivity index (χ0v) is 12.8. The lowest BCUT2D eigenvalue weighted by Gasteiger charge is -2.60. The van der Waals surface area contributed by atoms with Crippen LogP contribution in [0, 0.1) is 17.2 Å². The Bertz CT molecular complexity index is 491. The van der Waals surface area contributed by atoms with E-state index in [-0.39, 0.29) is 11.2 Å². The SMILES string of the molecule is CC1(C)C(Nc2ccc(F)c(Br)c2)C2CCCOC21. The van der Waals surface area contributed by atoms with Gasteiger partial charge in [-0.25, -0.2) is 4.39 Å². The maximum absolute atomic E-state index is 13.3. The molecule has 1 saturated carbocycles. The predicted molar refractivity (Wildman–Crippen MR) is 77.8 cm³/mol. The van der Waals surface area contributed by atoms with E-state index in [1.54, 1.807) is 6.07 Å². The lowest BCUT2D eigenvalue weighted by atomic mass is 9.55. The number of anilines is 1. The molecule has 1 saturated heterocycles. The molecule has 1 N–H and O–H groups in total. The summed E-state index contributed by atoms with van der Waals surface area (Å²) in [5, 5.41) is 3.56. The normalized spacial score (nSPS) is 32.3. The Labute approximate surface area is 121 Å². The van der Waals surface area contributed by atoms with Crippen molar-refractivity contribution < 1.29 is 9.13 Å². The molecule has 1 aliphatic carbocycles. The quantitative estimate of drug-likeness (QED) is 0.878. The molecule has 3 unspecified atom stereocenters. The molecule has 0 amide bonds. The van der Waals surface area contributed by atoms with Crippen LogP contribution in [0.3, 0.4) is 0 Å². The van der Waals surface area contributed by atoms with Crippen LogP contribution in [0.25, 0.3) is 0 Å². The van der Waals surface area contributed by atoms with Crippen molar-refractivity contribution in [1.29, 1.82) is 0 Å². The number of hydrogen-bond donors (Lipinski definition) is 1. The molecule has 0 radical (unpaired) electrons. The van der Waals surface area contributed by atoms with E-state index >= 15 is 0 Å². The summed E-state index contributed by atoms with van der Waals surface area (Å²) in [6, 6.07) is 5.50. The Morgan fingerprint density at radius 3 is 2.95 bits per heavy atom. The molecule has 1 heterocycles. The molecular weight excluding hydrogens is 309 g/mol. The largest absolute Gasteiger partial charge is 0.381 e. The van der Waals surface area contributed by atoms with Crippen LogP contribution in [0.15, 0.2) is 22.7 Å². The van der Waals surface area contributed by atoms with Gasteiger partial charge in [0.05, 0.1) is 10.6 Å². The molecule has 1 aromatic carbocycles. The fourth-order valence-corrected chi connectivity index (χ4v) is 3.96. The van der Waals surface area contributed by atoms with Gasteiger partial charge in [0.15, 0.2) is 0 Å². The molecule has 3 atom stereocenters. The summed E-state index contributed by atoms with van der Waals surface area (Å²) in [6.07, 6.45) is 2.72. The maximum Gasteiger partial charge on any atom is 0.137 e. The molecule has 1 aromatic rings. The Hall–Kier alpha value is -0.610.